The third-order valence-electron chi connectivity index (χ3n) is 2.51. The Morgan fingerprint density at radius 3 is 2.89 bits per heavy atom. The van der Waals surface area contributed by atoms with Crippen molar-refractivity contribution >= 4 is 34.9 Å². The molecule has 1 aromatic heterocycles. The van der Waals surface area contributed by atoms with Crippen LogP contribution in [-0.2, 0) is 11.3 Å². The molecule has 1 aromatic carbocycles. The third-order valence-corrected chi connectivity index (χ3v) is 3.11. The van der Waals surface area contributed by atoms with E-state index in [0.29, 0.717) is 16.6 Å². The number of anilines is 1. The highest BCUT2D eigenvalue weighted by atomic mass is 35.5. The number of rotatable bonds is 3. The summed E-state index contributed by atoms with van der Waals surface area (Å²) in [6.07, 6.45) is 1.55. The van der Waals surface area contributed by atoms with Gasteiger partial charge in [0.15, 0.2) is 5.69 Å². The van der Waals surface area contributed by atoms with Crippen molar-refractivity contribution in [2.24, 2.45) is 0 Å². The zero-order valence-electron chi connectivity index (χ0n) is 10.1. The Morgan fingerprint density at radius 2 is 2.21 bits per heavy atom. The zero-order valence-corrected chi connectivity index (χ0v) is 11.6. The van der Waals surface area contributed by atoms with Crippen LogP contribution in [0.25, 0.3) is 0 Å². The standard InChI is InChI=1S/C12H11Cl2N3O2/c1-19-12(18)11-10(15)6-17(16-11)5-7-4-8(13)2-3-9(7)14/h2-4,6H,5,15H2,1H3. The summed E-state index contributed by atoms with van der Waals surface area (Å²) >= 11 is 12.0. The number of hydrogen-bond acceptors (Lipinski definition) is 4. The molecule has 0 spiro atoms. The summed E-state index contributed by atoms with van der Waals surface area (Å²) in [4.78, 5) is 11.4. The van der Waals surface area contributed by atoms with Gasteiger partial charge in [0, 0.05) is 16.2 Å². The van der Waals surface area contributed by atoms with E-state index < -0.39 is 5.97 Å². The minimum atomic E-state index is -0.576. The molecule has 100 valence electrons. The highest BCUT2D eigenvalue weighted by Gasteiger charge is 2.15. The summed E-state index contributed by atoms with van der Waals surface area (Å²) in [5, 5.41) is 5.21. The van der Waals surface area contributed by atoms with Gasteiger partial charge in [-0.05, 0) is 23.8 Å². The highest BCUT2D eigenvalue weighted by molar-refractivity contribution is 6.33. The van der Waals surface area contributed by atoms with Crippen molar-refractivity contribution in [1.82, 2.24) is 9.78 Å². The van der Waals surface area contributed by atoms with E-state index >= 15 is 0 Å². The van der Waals surface area contributed by atoms with Gasteiger partial charge in [-0.3, -0.25) is 4.68 Å². The SMILES string of the molecule is COC(=O)c1nn(Cc2cc(Cl)ccc2Cl)cc1N. The number of carbonyl (C=O) groups is 1. The smallest absolute Gasteiger partial charge is 0.360 e. The van der Waals surface area contributed by atoms with Crippen LogP contribution in [-0.4, -0.2) is 22.9 Å². The largest absolute Gasteiger partial charge is 0.464 e. The molecule has 2 rings (SSSR count). The molecule has 0 fully saturated rings. The molecule has 0 aliphatic carbocycles. The van der Waals surface area contributed by atoms with Gasteiger partial charge in [-0.25, -0.2) is 4.79 Å². The third kappa shape index (κ3) is 3.00. The van der Waals surface area contributed by atoms with Gasteiger partial charge in [-0.2, -0.15) is 5.10 Å². The molecule has 0 saturated carbocycles. The molecule has 0 unspecified atom stereocenters. The van der Waals surface area contributed by atoms with Crippen LogP contribution in [0.1, 0.15) is 16.1 Å². The number of halogens is 2. The van der Waals surface area contributed by atoms with Crippen LogP contribution < -0.4 is 5.73 Å². The number of aromatic nitrogens is 2. The Morgan fingerprint density at radius 1 is 1.47 bits per heavy atom. The second-order valence-electron chi connectivity index (χ2n) is 3.86. The van der Waals surface area contributed by atoms with Crippen LogP contribution in [0.2, 0.25) is 10.0 Å². The number of benzene rings is 1. The Bertz CT molecular complexity index is 625. The second kappa shape index (κ2) is 5.50. The van der Waals surface area contributed by atoms with Crippen LogP contribution >= 0.6 is 23.2 Å². The molecule has 2 N–H and O–H groups in total. The lowest BCUT2D eigenvalue weighted by atomic mass is 10.2. The van der Waals surface area contributed by atoms with E-state index in [1.54, 1.807) is 24.4 Å². The zero-order chi connectivity index (χ0) is 14.0. The maximum Gasteiger partial charge on any atom is 0.360 e. The monoisotopic (exact) mass is 299 g/mol. The number of nitrogens with two attached hydrogens (primary N) is 1. The number of carbonyl (C=O) groups excluding carboxylic acids is 1. The van der Waals surface area contributed by atoms with E-state index in [1.807, 2.05) is 0 Å². The summed E-state index contributed by atoms with van der Waals surface area (Å²) < 4.78 is 6.09. The number of nitrogen functional groups attached to an aromatic ring is 1. The van der Waals surface area contributed by atoms with Crippen molar-refractivity contribution in [3.05, 3.63) is 45.7 Å². The predicted molar refractivity (Wildman–Crippen MR) is 73.5 cm³/mol. The molecule has 0 amide bonds. The van der Waals surface area contributed by atoms with Crippen molar-refractivity contribution in [2.45, 2.75) is 6.54 Å². The lowest BCUT2D eigenvalue weighted by Crippen LogP contribution is -2.07. The molecular weight excluding hydrogens is 289 g/mol. The fourth-order valence-electron chi connectivity index (χ4n) is 1.61. The number of hydrogen-bond donors (Lipinski definition) is 1. The number of ether oxygens (including phenoxy) is 1. The fraction of sp³-hybridized carbons (Fsp3) is 0.167. The van der Waals surface area contributed by atoms with Gasteiger partial charge in [0.25, 0.3) is 0 Å². The molecular formula is C12H11Cl2N3O2. The van der Waals surface area contributed by atoms with E-state index in [-0.39, 0.29) is 11.4 Å². The Balaban J connectivity index is 2.29. The van der Waals surface area contributed by atoms with E-state index in [9.17, 15) is 4.79 Å². The van der Waals surface area contributed by atoms with Crippen molar-refractivity contribution < 1.29 is 9.53 Å². The van der Waals surface area contributed by atoms with E-state index in [2.05, 4.69) is 9.84 Å². The maximum absolute atomic E-state index is 11.4. The Hall–Kier alpha value is -1.72. The molecule has 0 radical (unpaired) electrons. The second-order valence-corrected chi connectivity index (χ2v) is 4.70. The Kier molecular flexibility index (Phi) is 3.97. The van der Waals surface area contributed by atoms with Gasteiger partial charge in [-0.15, -0.1) is 0 Å². The van der Waals surface area contributed by atoms with Gasteiger partial charge in [0.2, 0.25) is 0 Å². The van der Waals surface area contributed by atoms with Crippen molar-refractivity contribution in [3.8, 4) is 0 Å². The summed E-state index contributed by atoms with van der Waals surface area (Å²) in [7, 11) is 1.27. The first kappa shape index (κ1) is 13.7. The summed E-state index contributed by atoms with van der Waals surface area (Å²) in [5.74, 6) is -0.576. The first-order chi connectivity index (χ1) is 9.01. The normalized spacial score (nSPS) is 10.5. The molecule has 5 nitrogen and oxygen atoms in total. The van der Waals surface area contributed by atoms with Crippen molar-refractivity contribution in [2.75, 3.05) is 12.8 Å². The fourth-order valence-corrected chi connectivity index (χ4v) is 1.98. The summed E-state index contributed by atoms with van der Waals surface area (Å²) in [5.41, 5.74) is 6.82. The van der Waals surface area contributed by atoms with Gasteiger partial charge >= 0.3 is 5.97 Å². The van der Waals surface area contributed by atoms with E-state index in [0.717, 1.165) is 5.56 Å². The molecule has 0 aliphatic rings. The average molecular weight is 300 g/mol. The van der Waals surface area contributed by atoms with Gasteiger partial charge < -0.3 is 10.5 Å². The number of nitrogens with zero attached hydrogens (tertiary/aromatic N) is 2. The first-order valence-corrected chi connectivity index (χ1v) is 6.12. The average Bonchev–Trinajstić information content (AvgIpc) is 2.74. The van der Waals surface area contributed by atoms with Crippen LogP contribution in [0.3, 0.4) is 0 Å². The van der Waals surface area contributed by atoms with Crippen LogP contribution in [0.15, 0.2) is 24.4 Å². The van der Waals surface area contributed by atoms with Crippen molar-refractivity contribution in [3.63, 3.8) is 0 Å². The van der Waals surface area contributed by atoms with Gasteiger partial charge in [0.1, 0.15) is 0 Å². The predicted octanol–water partition coefficient (Wildman–Crippen LogP) is 2.61. The molecule has 0 atom stereocenters. The maximum atomic E-state index is 11.4. The lowest BCUT2D eigenvalue weighted by Gasteiger charge is -2.05. The van der Waals surface area contributed by atoms with E-state index in [4.69, 9.17) is 28.9 Å². The lowest BCUT2D eigenvalue weighted by molar-refractivity contribution is 0.0594. The van der Waals surface area contributed by atoms with Gasteiger partial charge in [0.05, 0.1) is 19.3 Å². The summed E-state index contributed by atoms with van der Waals surface area (Å²) in [6.45, 7) is 0.362. The van der Waals surface area contributed by atoms with Crippen LogP contribution in [0.5, 0.6) is 0 Å². The van der Waals surface area contributed by atoms with Crippen LogP contribution in [0.4, 0.5) is 5.69 Å². The quantitative estimate of drug-likeness (QED) is 0.885. The molecule has 1 heterocycles. The minimum Gasteiger partial charge on any atom is -0.464 e. The molecule has 0 aliphatic heterocycles. The van der Waals surface area contributed by atoms with Crippen LogP contribution in [0, 0.1) is 0 Å². The minimum absolute atomic E-state index is 0.0839. The topological polar surface area (TPSA) is 70.1 Å². The Labute approximate surface area is 119 Å². The van der Waals surface area contributed by atoms with Gasteiger partial charge in [-0.1, -0.05) is 23.2 Å². The number of esters is 1. The highest BCUT2D eigenvalue weighted by Crippen LogP contribution is 2.22. The molecule has 7 heteroatoms. The molecule has 2 aromatic rings. The van der Waals surface area contributed by atoms with E-state index in [1.165, 1.54) is 11.8 Å². The molecule has 19 heavy (non-hydrogen) atoms. The number of methoxy groups -OCH3 is 1. The molecule has 0 saturated heterocycles. The summed E-state index contributed by atoms with van der Waals surface area (Å²) in [6, 6.07) is 5.14. The van der Waals surface area contributed by atoms with Crippen molar-refractivity contribution in [1.29, 1.82) is 0 Å². The first-order valence-electron chi connectivity index (χ1n) is 5.36. The molecule has 0 bridgehead atoms.